The van der Waals surface area contributed by atoms with Crippen LogP contribution in [0.3, 0.4) is 0 Å². The summed E-state index contributed by atoms with van der Waals surface area (Å²) in [6.45, 7) is 1.92. The minimum absolute atomic E-state index is 0.231. The van der Waals surface area contributed by atoms with Gasteiger partial charge in [-0.3, -0.25) is 4.79 Å². The van der Waals surface area contributed by atoms with Gasteiger partial charge in [-0.2, -0.15) is 5.26 Å². The van der Waals surface area contributed by atoms with E-state index in [1.165, 1.54) is 6.21 Å². The van der Waals surface area contributed by atoms with Crippen LogP contribution in [0.15, 0.2) is 53.7 Å². The number of carbonyl (C=O) groups is 1. The molecule has 1 unspecified atom stereocenters. The molecule has 110 valence electrons. The van der Waals surface area contributed by atoms with E-state index >= 15 is 0 Å². The number of hydrogen-bond donors (Lipinski definition) is 0. The molecule has 0 radical (unpaired) electrons. The maximum absolute atomic E-state index is 11.5. The normalized spacial score (nSPS) is 11.8. The van der Waals surface area contributed by atoms with Crippen molar-refractivity contribution in [1.82, 2.24) is 4.98 Å². The largest absolute Gasteiger partial charge is 0.465 e. The molecule has 2 rings (SSSR count). The second kappa shape index (κ2) is 7.70. The minimum Gasteiger partial charge on any atom is -0.465 e. The fraction of sp³-hybridized carbons (Fsp3) is 0.176. The van der Waals surface area contributed by atoms with E-state index in [0.29, 0.717) is 5.82 Å². The van der Waals surface area contributed by atoms with Crippen LogP contribution < -0.4 is 0 Å². The highest BCUT2D eigenvalue weighted by molar-refractivity contribution is 5.93. The SMILES string of the molecule is CCOC(=O)C(C#N)C=Nc1ccc(-c2ccccc2)cn1. The molecule has 0 amide bonds. The fourth-order valence-corrected chi connectivity index (χ4v) is 1.79. The molecule has 0 saturated heterocycles. The molecule has 0 aliphatic rings. The first kappa shape index (κ1) is 15.4. The highest BCUT2D eigenvalue weighted by atomic mass is 16.5. The molecule has 1 heterocycles. The van der Waals surface area contributed by atoms with Gasteiger partial charge in [0.05, 0.1) is 12.7 Å². The van der Waals surface area contributed by atoms with Crippen molar-refractivity contribution in [3.8, 4) is 17.2 Å². The maximum Gasteiger partial charge on any atom is 0.328 e. The van der Waals surface area contributed by atoms with Crippen LogP contribution >= 0.6 is 0 Å². The Morgan fingerprint density at radius 3 is 2.68 bits per heavy atom. The van der Waals surface area contributed by atoms with Gasteiger partial charge in [-0.05, 0) is 24.6 Å². The lowest BCUT2D eigenvalue weighted by Crippen LogP contribution is -2.17. The predicted molar refractivity (Wildman–Crippen MR) is 83.6 cm³/mol. The van der Waals surface area contributed by atoms with Crippen LogP contribution in [0, 0.1) is 17.2 Å². The summed E-state index contributed by atoms with van der Waals surface area (Å²) in [5, 5.41) is 8.93. The number of hydrogen-bond acceptors (Lipinski definition) is 5. The van der Waals surface area contributed by atoms with Crippen LogP contribution in [-0.4, -0.2) is 23.8 Å². The van der Waals surface area contributed by atoms with Crippen molar-refractivity contribution >= 4 is 18.0 Å². The Bertz CT molecular complexity index is 688. The Kier molecular flexibility index (Phi) is 5.38. The summed E-state index contributed by atoms with van der Waals surface area (Å²) in [7, 11) is 0. The molecule has 22 heavy (non-hydrogen) atoms. The highest BCUT2D eigenvalue weighted by Gasteiger charge is 2.16. The molecular formula is C17H15N3O2. The summed E-state index contributed by atoms with van der Waals surface area (Å²) in [5.41, 5.74) is 2.04. The molecule has 1 atom stereocenters. The lowest BCUT2D eigenvalue weighted by Gasteiger charge is -2.03. The molecule has 1 aromatic heterocycles. The topological polar surface area (TPSA) is 75.3 Å². The lowest BCUT2D eigenvalue weighted by molar-refractivity contribution is -0.143. The van der Waals surface area contributed by atoms with Gasteiger partial charge in [0.15, 0.2) is 11.7 Å². The number of pyridine rings is 1. The van der Waals surface area contributed by atoms with Gasteiger partial charge in [-0.1, -0.05) is 30.3 Å². The zero-order chi connectivity index (χ0) is 15.8. The summed E-state index contributed by atoms with van der Waals surface area (Å²) < 4.78 is 4.79. The number of aliphatic imine (C=N–C) groups is 1. The van der Waals surface area contributed by atoms with Crippen LogP contribution in [0.1, 0.15) is 6.92 Å². The number of ether oxygens (including phenoxy) is 1. The van der Waals surface area contributed by atoms with Gasteiger partial charge in [0.2, 0.25) is 0 Å². The molecule has 5 heteroatoms. The minimum atomic E-state index is -1.02. The van der Waals surface area contributed by atoms with Crippen molar-refractivity contribution < 1.29 is 9.53 Å². The average molecular weight is 293 g/mol. The molecule has 0 aliphatic carbocycles. The van der Waals surface area contributed by atoms with Gasteiger partial charge >= 0.3 is 5.97 Å². The number of rotatable bonds is 5. The average Bonchev–Trinajstić information content (AvgIpc) is 2.57. The van der Waals surface area contributed by atoms with E-state index in [9.17, 15) is 4.79 Å². The second-order valence-corrected chi connectivity index (χ2v) is 4.41. The van der Waals surface area contributed by atoms with Gasteiger partial charge in [0.1, 0.15) is 0 Å². The van der Waals surface area contributed by atoms with Crippen LogP contribution in [-0.2, 0) is 9.53 Å². The molecule has 0 aliphatic heterocycles. The quantitative estimate of drug-likeness (QED) is 0.627. The first-order valence-corrected chi connectivity index (χ1v) is 6.86. The Morgan fingerprint density at radius 2 is 2.09 bits per heavy atom. The van der Waals surface area contributed by atoms with E-state index in [2.05, 4.69) is 9.98 Å². The van der Waals surface area contributed by atoms with Gasteiger partial charge in [0, 0.05) is 18.0 Å². The maximum atomic E-state index is 11.5. The van der Waals surface area contributed by atoms with E-state index in [-0.39, 0.29) is 6.61 Å². The number of benzene rings is 1. The van der Waals surface area contributed by atoms with E-state index in [1.807, 2.05) is 42.5 Å². The van der Waals surface area contributed by atoms with Gasteiger partial charge in [-0.15, -0.1) is 0 Å². The van der Waals surface area contributed by atoms with E-state index < -0.39 is 11.9 Å². The van der Waals surface area contributed by atoms with Crippen molar-refractivity contribution in [2.45, 2.75) is 6.92 Å². The van der Waals surface area contributed by atoms with E-state index in [0.717, 1.165) is 11.1 Å². The molecule has 0 fully saturated rings. The van der Waals surface area contributed by atoms with E-state index in [4.69, 9.17) is 10.00 Å². The number of nitrogens with zero attached hydrogens (tertiary/aromatic N) is 3. The number of esters is 1. The molecule has 0 N–H and O–H groups in total. The molecule has 1 aromatic carbocycles. The van der Waals surface area contributed by atoms with Crippen molar-refractivity contribution in [2.75, 3.05) is 6.61 Å². The number of nitriles is 1. The third-order valence-corrected chi connectivity index (χ3v) is 2.89. The molecule has 2 aromatic rings. The lowest BCUT2D eigenvalue weighted by atomic mass is 10.1. The van der Waals surface area contributed by atoms with Gasteiger partial charge < -0.3 is 4.74 Å². The van der Waals surface area contributed by atoms with Crippen molar-refractivity contribution in [1.29, 1.82) is 5.26 Å². The van der Waals surface area contributed by atoms with Crippen LogP contribution in [0.25, 0.3) is 11.1 Å². The highest BCUT2D eigenvalue weighted by Crippen LogP contribution is 2.19. The van der Waals surface area contributed by atoms with Crippen molar-refractivity contribution in [3.63, 3.8) is 0 Å². The summed E-state index contributed by atoms with van der Waals surface area (Å²) in [5.74, 6) is -1.19. The summed E-state index contributed by atoms with van der Waals surface area (Å²) in [4.78, 5) is 19.7. The van der Waals surface area contributed by atoms with Crippen LogP contribution in [0.2, 0.25) is 0 Å². The van der Waals surface area contributed by atoms with Crippen molar-refractivity contribution in [3.05, 3.63) is 48.7 Å². The first-order valence-electron chi connectivity index (χ1n) is 6.86. The van der Waals surface area contributed by atoms with Crippen LogP contribution in [0.4, 0.5) is 5.82 Å². The summed E-state index contributed by atoms with van der Waals surface area (Å²) in [6.07, 6.45) is 2.95. The second-order valence-electron chi connectivity index (χ2n) is 4.41. The fourth-order valence-electron chi connectivity index (χ4n) is 1.79. The molecule has 0 bridgehead atoms. The first-order chi connectivity index (χ1) is 10.7. The number of aromatic nitrogens is 1. The van der Waals surface area contributed by atoms with E-state index in [1.54, 1.807) is 19.2 Å². The standard InChI is InChI=1S/C17H15N3O2/c1-2-22-17(21)15(10-18)12-20-16-9-8-14(11-19-16)13-6-4-3-5-7-13/h3-9,11-12,15H,2H2,1H3. The molecule has 0 saturated carbocycles. The molecule has 0 spiro atoms. The Balaban J connectivity index is 2.09. The third-order valence-electron chi connectivity index (χ3n) is 2.89. The Hall–Kier alpha value is -3.00. The predicted octanol–water partition coefficient (Wildman–Crippen LogP) is 3.15. The van der Waals surface area contributed by atoms with Gasteiger partial charge in [0.25, 0.3) is 0 Å². The summed E-state index contributed by atoms with van der Waals surface area (Å²) >= 11 is 0. The van der Waals surface area contributed by atoms with Crippen molar-refractivity contribution in [2.24, 2.45) is 10.9 Å². The summed E-state index contributed by atoms with van der Waals surface area (Å²) in [6, 6.07) is 15.3. The molecule has 5 nitrogen and oxygen atoms in total. The third kappa shape index (κ3) is 4.00. The van der Waals surface area contributed by atoms with Crippen LogP contribution in [0.5, 0.6) is 0 Å². The number of carbonyl (C=O) groups excluding carboxylic acids is 1. The monoisotopic (exact) mass is 293 g/mol. The Labute approximate surface area is 128 Å². The Morgan fingerprint density at radius 1 is 1.32 bits per heavy atom. The smallest absolute Gasteiger partial charge is 0.328 e. The van der Waals surface area contributed by atoms with Gasteiger partial charge in [-0.25, -0.2) is 9.98 Å². The molecular weight excluding hydrogens is 278 g/mol. The zero-order valence-corrected chi connectivity index (χ0v) is 12.1. The zero-order valence-electron chi connectivity index (χ0n) is 12.1.